The van der Waals surface area contributed by atoms with Gasteiger partial charge in [0, 0.05) is 0 Å². The zero-order valence-electron chi connectivity index (χ0n) is 11.6. The Morgan fingerprint density at radius 3 is 2.84 bits per heavy atom. The van der Waals surface area contributed by atoms with Crippen molar-refractivity contribution in [1.29, 1.82) is 0 Å². The molecule has 0 saturated carbocycles. The lowest BCUT2D eigenvalue weighted by Gasteiger charge is -2.21. The zero-order valence-corrected chi connectivity index (χ0v) is 12.5. The summed E-state index contributed by atoms with van der Waals surface area (Å²) >= 11 is 1.58. The van der Waals surface area contributed by atoms with Crippen LogP contribution in [0.1, 0.15) is 32.2 Å². The average molecular weight is 281 g/mol. The van der Waals surface area contributed by atoms with Gasteiger partial charge in [0.1, 0.15) is 5.54 Å². The third kappa shape index (κ3) is 3.20. The Kier molecular flexibility index (Phi) is 4.03. The molecule has 0 aliphatic heterocycles. The number of nitrogens with two attached hydrogens (primary N) is 1. The van der Waals surface area contributed by atoms with Gasteiger partial charge in [-0.2, -0.15) is 4.98 Å². The molecule has 0 amide bonds. The first kappa shape index (κ1) is 14.2. The van der Waals surface area contributed by atoms with Crippen LogP contribution in [0.2, 0.25) is 0 Å². The summed E-state index contributed by atoms with van der Waals surface area (Å²) in [5.41, 5.74) is 6.55. The predicted molar refractivity (Wildman–Crippen MR) is 75.0 cm³/mol. The third-order valence-corrected chi connectivity index (χ3v) is 3.71. The van der Waals surface area contributed by atoms with Gasteiger partial charge in [0.15, 0.2) is 5.82 Å². The van der Waals surface area contributed by atoms with E-state index in [4.69, 9.17) is 15.0 Å². The van der Waals surface area contributed by atoms with Crippen LogP contribution in [0, 0.1) is 6.92 Å². The molecule has 6 heteroatoms. The van der Waals surface area contributed by atoms with Crippen molar-refractivity contribution in [2.45, 2.75) is 39.3 Å². The Morgan fingerprint density at radius 1 is 1.53 bits per heavy atom. The summed E-state index contributed by atoms with van der Waals surface area (Å²) in [6.07, 6.45) is 0.119. The first-order valence-corrected chi connectivity index (χ1v) is 7.07. The molecule has 2 aromatic rings. The van der Waals surface area contributed by atoms with Crippen molar-refractivity contribution in [3.8, 4) is 10.8 Å². The molecular weight excluding hydrogens is 262 g/mol. The van der Waals surface area contributed by atoms with Crippen LogP contribution in [0.15, 0.2) is 16.0 Å². The first-order valence-electron chi connectivity index (χ1n) is 6.19. The number of thiophene rings is 1. The van der Waals surface area contributed by atoms with Crippen LogP contribution in [0.4, 0.5) is 0 Å². The summed E-state index contributed by atoms with van der Waals surface area (Å²) in [5.74, 6) is 0.986. The minimum Gasteiger partial charge on any atom is -0.376 e. The third-order valence-electron chi connectivity index (χ3n) is 2.71. The molecule has 5 nitrogen and oxygen atoms in total. The fourth-order valence-corrected chi connectivity index (χ4v) is 2.39. The maximum atomic E-state index is 6.18. The van der Waals surface area contributed by atoms with Gasteiger partial charge in [-0.05, 0) is 44.7 Å². The standard InChI is InChI=1S/C13H19N3O2S/c1-8(2)17-7-13(4,14)12-15-11(18-16-12)10-9(3)5-6-19-10/h5-6,8H,7,14H2,1-4H3. The van der Waals surface area contributed by atoms with Crippen molar-refractivity contribution in [2.24, 2.45) is 5.73 Å². The summed E-state index contributed by atoms with van der Waals surface area (Å²) in [5, 5.41) is 5.98. The smallest absolute Gasteiger partial charge is 0.268 e. The molecule has 2 rings (SSSR count). The SMILES string of the molecule is Cc1ccsc1-c1nc(C(C)(N)COC(C)C)no1. The van der Waals surface area contributed by atoms with Crippen molar-refractivity contribution < 1.29 is 9.26 Å². The summed E-state index contributed by atoms with van der Waals surface area (Å²) in [6.45, 7) is 8.14. The molecule has 0 aromatic carbocycles. The maximum absolute atomic E-state index is 6.18. The van der Waals surface area contributed by atoms with E-state index in [2.05, 4.69) is 10.1 Å². The second kappa shape index (κ2) is 5.40. The van der Waals surface area contributed by atoms with Crippen LogP contribution in [0.25, 0.3) is 10.8 Å². The number of rotatable bonds is 5. The van der Waals surface area contributed by atoms with E-state index < -0.39 is 5.54 Å². The van der Waals surface area contributed by atoms with Crippen LogP contribution in [0.5, 0.6) is 0 Å². The lowest BCUT2D eigenvalue weighted by molar-refractivity contribution is 0.0410. The highest BCUT2D eigenvalue weighted by Gasteiger charge is 2.29. The van der Waals surface area contributed by atoms with Gasteiger partial charge in [0.25, 0.3) is 5.89 Å². The van der Waals surface area contributed by atoms with E-state index in [-0.39, 0.29) is 6.10 Å². The summed E-state index contributed by atoms with van der Waals surface area (Å²) < 4.78 is 10.8. The van der Waals surface area contributed by atoms with Gasteiger partial charge in [-0.3, -0.25) is 0 Å². The molecule has 1 unspecified atom stereocenters. The molecule has 1 atom stereocenters. The monoisotopic (exact) mass is 281 g/mol. The fraction of sp³-hybridized carbons (Fsp3) is 0.538. The van der Waals surface area contributed by atoms with Gasteiger partial charge < -0.3 is 15.0 Å². The number of nitrogens with zero attached hydrogens (tertiary/aromatic N) is 2. The highest BCUT2D eigenvalue weighted by molar-refractivity contribution is 7.13. The molecule has 2 heterocycles. The highest BCUT2D eigenvalue weighted by Crippen LogP contribution is 2.28. The Morgan fingerprint density at radius 2 is 2.26 bits per heavy atom. The Labute approximate surface area is 116 Å². The van der Waals surface area contributed by atoms with Crippen LogP contribution in [0.3, 0.4) is 0 Å². The molecule has 0 saturated heterocycles. The minimum absolute atomic E-state index is 0.119. The van der Waals surface area contributed by atoms with Crippen molar-refractivity contribution in [1.82, 2.24) is 10.1 Å². The lowest BCUT2D eigenvalue weighted by Crippen LogP contribution is -2.40. The number of ether oxygens (including phenoxy) is 1. The maximum Gasteiger partial charge on any atom is 0.268 e. The van der Waals surface area contributed by atoms with Crippen LogP contribution in [-0.4, -0.2) is 22.9 Å². The molecule has 0 aliphatic rings. The van der Waals surface area contributed by atoms with E-state index in [0.717, 1.165) is 10.4 Å². The van der Waals surface area contributed by atoms with Crippen molar-refractivity contribution in [3.63, 3.8) is 0 Å². The number of aryl methyl sites for hydroxylation is 1. The Bertz CT molecular complexity index is 546. The number of hydrogen-bond donors (Lipinski definition) is 1. The van der Waals surface area contributed by atoms with Gasteiger partial charge in [-0.15, -0.1) is 11.3 Å². The van der Waals surface area contributed by atoms with Gasteiger partial charge >= 0.3 is 0 Å². The van der Waals surface area contributed by atoms with Gasteiger partial charge in [-0.25, -0.2) is 0 Å². The Hall–Kier alpha value is -1.24. The second-order valence-electron chi connectivity index (χ2n) is 5.13. The molecule has 0 spiro atoms. The second-order valence-corrected chi connectivity index (χ2v) is 6.05. The van der Waals surface area contributed by atoms with E-state index in [9.17, 15) is 0 Å². The van der Waals surface area contributed by atoms with Gasteiger partial charge in [-0.1, -0.05) is 5.16 Å². The van der Waals surface area contributed by atoms with E-state index in [1.165, 1.54) is 0 Å². The molecule has 0 radical (unpaired) electrons. The van der Waals surface area contributed by atoms with E-state index >= 15 is 0 Å². The first-order chi connectivity index (χ1) is 8.90. The van der Waals surface area contributed by atoms with Gasteiger partial charge in [0.2, 0.25) is 0 Å². The van der Waals surface area contributed by atoms with Crippen molar-refractivity contribution in [2.75, 3.05) is 6.61 Å². The highest BCUT2D eigenvalue weighted by atomic mass is 32.1. The summed E-state index contributed by atoms with van der Waals surface area (Å²) in [7, 11) is 0. The molecule has 2 aromatic heterocycles. The topological polar surface area (TPSA) is 74.2 Å². The molecule has 104 valence electrons. The predicted octanol–water partition coefficient (Wildman–Crippen LogP) is 2.71. The fourth-order valence-electron chi connectivity index (χ4n) is 1.54. The van der Waals surface area contributed by atoms with Crippen molar-refractivity contribution >= 4 is 11.3 Å². The number of aromatic nitrogens is 2. The summed E-state index contributed by atoms with van der Waals surface area (Å²) in [6, 6.07) is 2.02. The Balaban J connectivity index is 2.19. The molecule has 0 bridgehead atoms. The van der Waals surface area contributed by atoms with E-state index in [1.807, 2.05) is 39.1 Å². The van der Waals surface area contributed by atoms with Crippen molar-refractivity contribution in [3.05, 3.63) is 22.8 Å². The molecule has 19 heavy (non-hydrogen) atoms. The molecule has 0 aliphatic carbocycles. The van der Waals surface area contributed by atoms with E-state index in [0.29, 0.717) is 18.3 Å². The largest absolute Gasteiger partial charge is 0.376 e. The molecular formula is C13H19N3O2S. The average Bonchev–Trinajstić information content (AvgIpc) is 2.94. The van der Waals surface area contributed by atoms with Gasteiger partial charge in [0.05, 0.1) is 17.6 Å². The van der Waals surface area contributed by atoms with Crippen LogP contribution < -0.4 is 5.73 Å². The molecule has 0 fully saturated rings. The quantitative estimate of drug-likeness (QED) is 0.912. The normalized spacial score (nSPS) is 14.8. The lowest BCUT2D eigenvalue weighted by atomic mass is 10.1. The van der Waals surface area contributed by atoms with E-state index in [1.54, 1.807) is 11.3 Å². The van der Waals surface area contributed by atoms with Crippen LogP contribution >= 0.6 is 11.3 Å². The zero-order chi connectivity index (χ0) is 14.0. The summed E-state index contributed by atoms with van der Waals surface area (Å²) in [4.78, 5) is 5.38. The van der Waals surface area contributed by atoms with Crippen LogP contribution in [-0.2, 0) is 10.3 Å². The minimum atomic E-state index is -0.753. The molecule has 2 N–H and O–H groups in total. The number of hydrogen-bond acceptors (Lipinski definition) is 6.